The van der Waals surface area contributed by atoms with E-state index < -0.39 is 0 Å². The van der Waals surface area contributed by atoms with Gasteiger partial charge in [-0.15, -0.1) is 11.8 Å². The lowest BCUT2D eigenvalue weighted by Gasteiger charge is -2.24. The Hall–Kier alpha value is -0.200. The van der Waals surface area contributed by atoms with Crippen LogP contribution >= 0.6 is 23.5 Å². The molecule has 2 N–H and O–H groups in total. The summed E-state index contributed by atoms with van der Waals surface area (Å²) in [6, 6.07) is 0. The fourth-order valence-electron chi connectivity index (χ4n) is 2.02. The van der Waals surface area contributed by atoms with E-state index in [1.54, 1.807) is 0 Å². The van der Waals surface area contributed by atoms with Crippen molar-refractivity contribution >= 4 is 23.5 Å². The summed E-state index contributed by atoms with van der Waals surface area (Å²) in [5, 5.41) is 5.09. The number of hydrogen-bond donors (Lipinski definition) is 1. The Morgan fingerprint density at radius 2 is 2.22 bits per heavy atom. The molecule has 18 heavy (non-hydrogen) atoms. The summed E-state index contributed by atoms with van der Waals surface area (Å²) in [6.45, 7) is 5.06. The van der Waals surface area contributed by atoms with E-state index in [0.717, 1.165) is 24.6 Å². The molecule has 3 unspecified atom stereocenters. The molecule has 0 bridgehead atoms. The Balaban J connectivity index is 2.00. The van der Waals surface area contributed by atoms with Crippen LogP contribution in [0, 0.1) is 5.92 Å². The molecule has 1 saturated heterocycles. The molecule has 3 atom stereocenters. The van der Waals surface area contributed by atoms with Crippen LogP contribution in [0.4, 0.5) is 0 Å². The third-order valence-corrected chi connectivity index (χ3v) is 6.39. The van der Waals surface area contributed by atoms with Crippen LogP contribution in [0.5, 0.6) is 0 Å². The predicted octanol–water partition coefficient (Wildman–Crippen LogP) is 2.51. The van der Waals surface area contributed by atoms with E-state index in [1.807, 2.05) is 23.5 Å². The van der Waals surface area contributed by atoms with Gasteiger partial charge in [0.05, 0.1) is 5.25 Å². The van der Waals surface area contributed by atoms with Crippen molar-refractivity contribution in [3.8, 4) is 0 Å². The average Bonchev–Trinajstić information content (AvgIpc) is 2.85. The summed E-state index contributed by atoms with van der Waals surface area (Å²) in [5.74, 6) is 4.44. The number of thioether (sulfide) groups is 2. The maximum Gasteiger partial charge on any atom is 0.227 e. The third-order valence-electron chi connectivity index (χ3n) is 3.30. The smallest absolute Gasteiger partial charge is 0.227 e. The fraction of sp³-hybridized carbons (Fsp3) is 0.833. The van der Waals surface area contributed by atoms with Crippen molar-refractivity contribution in [3.63, 3.8) is 0 Å². The molecule has 2 heterocycles. The minimum absolute atomic E-state index is 0.374. The van der Waals surface area contributed by atoms with Gasteiger partial charge >= 0.3 is 0 Å². The molecular formula is C12H21N3OS2. The van der Waals surface area contributed by atoms with Crippen LogP contribution in [0.15, 0.2) is 4.52 Å². The first kappa shape index (κ1) is 14.2. The topological polar surface area (TPSA) is 64.9 Å². The highest BCUT2D eigenvalue weighted by Crippen LogP contribution is 2.41. The van der Waals surface area contributed by atoms with E-state index in [0.29, 0.717) is 23.0 Å². The molecule has 1 fully saturated rings. The van der Waals surface area contributed by atoms with Gasteiger partial charge in [-0.25, -0.2) is 0 Å². The highest BCUT2D eigenvalue weighted by Gasteiger charge is 2.28. The molecule has 0 amide bonds. The van der Waals surface area contributed by atoms with Crippen LogP contribution < -0.4 is 5.73 Å². The van der Waals surface area contributed by atoms with Crippen molar-refractivity contribution in [3.05, 3.63) is 11.7 Å². The number of rotatable bonds is 5. The number of aromatic nitrogens is 2. The van der Waals surface area contributed by atoms with Gasteiger partial charge in [-0.05, 0) is 12.5 Å². The number of nitrogens with zero attached hydrogens (tertiary/aromatic N) is 2. The summed E-state index contributed by atoms with van der Waals surface area (Å²) < 4.78 is 5.36. The molecule has 0 aliphatic carbocycles. The molecule has 1 aliphatic rings. The van der Waals surface area contributed by atoms with E-state index >= 15 is 0 Å². The molecule has 6 heteroatoms. The van der Waals surface area contributed by atoms with Gasteiger partial charge in [-0.3, -0.25) is 0 Å². The lowest BCUT2D eigenvalue weighted by molar-refractivity contribution is 0.347. The molecule has 0 saturated carbocycles. The molecule has 0 spiro atoms. The Morgan fingerprint density at radius 1 is 1.44 bits per heavy atom. The van der Waals surface area contributed by atoms with Crippen molar-refractivity contribution in [2.45, 2.75) is 37.2 Å². The first-order valence-electron chi connectivity index (χ1n) is 6.50. The van der Waals surface area contributed by atoms with Gasteiger partial charge in [-0.2, -0.15) is 16.7 Å². The Kier molecular flexibility index (Phi) is 5.38. The van der Waals surface area contributed by atoms with Crippen LogP contribution in [0.3, 0.4) is 0 Å². The Labute approximate surface area is 117 Å². The SMILES string of the molecule is CCC(CN)Cc1nc(C2SCCSC2C)no1. The number of nitrogens with two attached hydrogens (primary N) is 1. The zero-order chi connectivity index (χ0) is 13.0. The predicted molar refractivity (Wildman–Crippen MR) is 78.0 cm³/mol. The van der Waals surface area contributed by atoms with E-state index in [2.05, 4.69) is 24.0 Å². The van der Waals surface area contributed by atoms with Gasteiger partial charge in [0, 0.05) is 23.2 Å². The summed E-state index contributed by atoms with van der Waals surface area (Å²) in [4.78, 5) is 4.55. The van der Waals surface area contributed by atoms with Crippen LogP contribution in [0.1, 0.15) is 37.2 Å². The molecule has 4 nitrogen and oxygen atoms in total. The Morgan fingerprint density at radius 3 is 2.89 bits per heavy atom. The van der Waals surface area contributed by atoms with Crippen LogP contribution in [0.25, 0.3) is 0 Å². The van der Waals surface area contributed by atoms with Crippen molar-refractivity contribution < 1.29 is 4.52 Å². The second-order valence-corrected chi connectivity index (χ2v) is 7.36. The largest absolute Gasteiger partial charge is 0.339 e. The van der Waals surface area contributed by atoms with E-state index in [-0.39, 0.29) is 0 Å². The maximum absolute atomic E-state index is 5.71. The maximum atomic E-state index is 5.71. The van der Waals surface area contributed by atoms with Gasteiger partial charge in [0.15, 0.2) is 5.82 Å². The molecule has 2 rings (SSSR count). The molecule has 1 aromatic rings. The van der Waals surface area contributed by atoms with E-state index in [1.165, 1.54) is 11.5 Å². The fourth-order valence-corrected chi connectivity index (χ4v) is 4.70. The average molecular weight is 287 g/mol. The van der Waals surface area contributed by atoms with Crippen LogP contribution in [0.2, 0.25) is 0 Å². The lowest BCUT2D eigenvalue weighted by atomic mass is 10.0. The van der Waals surface area contributed by atoms with E-state index in [4.69, 9.17) is 10.3 Å². The zero-order valence-corrected chi connectivity index (χ0v) is 12.6. The minimum atomic E-state index is 0.374. The monoisotopic (exact) mass is 287 g/mol. The summed E-state index contributed by atoms with van der Waals surface area (Å²) in [6.07, 6.45) is 1.86. The third kappa shape index (κ3) is 3.42. The summed E-state index contributed by atoms with van der Waals surface area (Å²) in [7, 11) is 0. The molecule has 1 aliphatic heterocycles. The van der Waals surface area contributed by atoms with Gasteiger partial charge < -0.3 is 10.3 Å². The van der Waals surface area contributed by atoms with Gasteiger partial charge in [0.2, 0.25) is 5.89 Å². The van der Waals surface area contributed by atoms with Crippen molar-refractivity contribution in [1.29, 1.82) is 0 Å². The Bertz CT molecular complexity index is 368. The van der Waals surface area contributed by atoms with Gasteiger partial charge in [0.1, 0.15) is 0 Å². The highest BCUT2D eigenvalue weighted by molar-refractivity contribution is 8.06. The van der Waals surface area contributed by atoms with Crippen molar-refractivity contribution in [2.75, 3.05) is 18.1 Å². The second-order valence-electron chi connectivity index (χ2n) is 4.63. The normalized spacial score (nSPS) is 26.2. The molecular weight excluding hydrogens is 266 g/mol. The van der Waals surface area contributed by atoms with Gasteiger partial charge in [0.25, 0.3) is 0 Å². The zero-order valence-electron chi connectivity index (χ0n) is 11.0. The van der Waals surface area contributed by atoms with Crippen LogP contribution in [-0.4, -0.2) is 33.4 Å². The first-order valence-corrected chi connectivity index (χ1v) is 8.60. The quantitative estimate of drug-likeness (QED) is 0.897. The van der Waals surface area contributed by atoms with Crippen molar-refractivity contribution in [2.24, 2.45) is 11.7 Å². The summed E-state index contributed by atoms with van der Waals surface area (Å²) >= 11 is 3.93. The standard InChI is InChI=1S/C12H21N3OS2/c1-3-9(7-13)6-10-14-12(15-16-10)11-8(2)17-4-5-18-11/h8-9,11H,3-7,13H2,1-2H3. The second kappa shape index (κ2) is 6.82. The van der Waals surface area contributed by atoms with Gasteiger partial charge in [-0.1, -0.05) is 25.4 Å². The first-order chi connectivity index (χ1) is 8.74. The minimum Gasteiger partial charge on any atom is -0.339 e. The van der Waals surface area contributed by atoms with Crippen LogP contribution in [-0.2, 0) is 6.42 Å². The number of hydrogen-bond acceptors (Lipinski definition) is 6. The van der Waals surface area contributed by atoms with E-state index in [9.17, 15) is 0 Å². The lowest BCUT2D eigenvalue weighted by Crippen LogP contribution is -2.17. The summed E-state index contributed by atoms with van der Waals surface area (Å²) in [5.41, 5.74) is 5.71. The molecule has 0 aromatic carbocycles. The molecule has 1 aromatic heterocycles. The molecule has 102 valence electrons. The van der Waals surface area contributed by atoms with Crippen molar-refractivity contribution in [1.82, 2.24) is 10.1 Å². The highest BCUT2D eigenvalue weighted by atomic mass is 32.2. The molecule has 0 radical (unpaired) electrons.